The maximum atomic E-state index is 12.0. The molecule has 0 spiro atoms. The second kappa shape index (κ2) is 6.33. The number of sulfonamides is 1. The summed E-state index contributed by atoms with van der Waals surface area (Å²) in [6.45, 7) is -0.192. The number of nitrogens with zero attached hydrogens (tertiary/aromatic N) is 1. The molecule has 1 aromatic rings. The van der Waals surface area contributed by atoms with Gasteiger partial charge in [0.1, 0.15) is 0 Å². The van der Waals surface area contributed by atoms with Gasteiger partial charge in [-0.2, -0.15) is 8.42 Å². The van der Waals surface area contributed by atoms with Gasteiger partial charge < -0.3 is 0 Å². The van der Waals surface area contributed by atoms with Gasteiger partial charge >= 0.3 is 0 Å². The first-order chi connectivity index (χ1) is 8.78. The fourth-order valence-corrected chi connectivity index (χ4v) is 3.03. The summed E-state index contributed by atoms with van der Waals surface area (Å²) in [5, 5.41) is 0. The van der Waals surface area contributed by atoms with Gasteiger partial charge in [0.2, 0.25) is 10.0 Å². The predicted octanol–water partition coefficient (Wildman–Crippen LogP) is -0.494. The summed E-state index contributed by atoms with van der Waals surface area (Å²) >= 11 is 0. The number of para-hydroxylation sites is 1. The lowest BCUT2D eigenvalue weighted by atomic mass is 10.3. The summed E-state index contributed by atoms with van der Waals surface area (Å²) in [7, 11) is -4.51. The van der Waals surface area contributed by atoms with Gasteiger partial charge in [-0.3, -0.25) is 4.31 Å². The second-order valence-corrected chi connectivity index (χ2v) is 7.54. The number of anilines is 1. The van der Waals surface area contributed by atoms with Crippen molar-refractivity contribution < 1.29 is 16.8 Å². The Kier molecular flexibility index (Phi) is 5.29. The van der Waals surface area contributed by atoms with Crippen molar-refractivity contribution in [1.29, 1.82) is 0 Å². The third kappa shape index (κ3) is 4.78. The number of nitrogens with one attached hydrogen (secondary N) is 2. The first-order valence-corrected chi connectivity index (χ1v) is 8.57. The molecule has 0 aliphatic heterocycles. The Morgan fingerprint density at radius 1 is 1.11 bits per heavy atom. The fraction of sp³-hybridized carbons (Fsp3) is 0.400. The predicted molar refractivity (Wildman–Crippen MR) is 74.6 cm³/mol. The van der Waals surface area contributed by atoms with E-state index in [1.54, 1.807) is 30.3 Å². The Hall–Kier alpha value is -1.16. The van der Waals surface area contributed by atoms with Crippen LogP contribution in [0.5, 0.6) is 0 Å². The van der Waals surface area contributed by atoms with Crippen LogP contribution in [-0.2, 0) is 20.2 Å². The average Bonchev–Trinajstić information content (AvgIpc) is 2.38. The lowest BCUT2D eigenvalue weighted by Gasteiger charge is -2.19. The standard InChI is InChI=1S/C10H17N3O4S2/c1-11-19(16,17)12-8-9-18(14,15)13(2)10-6-4-3-5-7-10/h3-7,11-12H,8-9H2,1-2H3. The van der Waals surface area contributed by atoms with Crippen LogP contribution >= 0.6 is 0 Å². The summed E-state index contributed by atoms with van der Waals surface area (Å²) in [5.74, 6) is -0.320. The largest absolute Gasteiger partial charge is 0.276 e. The van der Waals surface area contributed by atoms with Gasteiger partial charge in [-0.15, -0.1) is 0 Å². The van der Waals surface area contributed by atoms with Crippen molar-refractivity contribution in [3.63, 3.8) is 0 Å². The summed E-state index contributed by atoms with van der Waals surface area (Å²) in [6.07, 6.45) is 0. The van der Waals surface area contributed by atoms with Crippen molar-refractivity contribution in [2.75, 3.05) is 30.7 Å². The fourth-order valence-electron chi connectivity index (χ4n) is 1.31. The van der Waals surface area contributed by atoms with Crippen LogP contribution in [0.2, 0.25) is 0 Å². The Balaban J connectivity index is 2.67. The molecule has 0 bridgehead atoms. The van der Waals surface area contributed by atoms with Gasteiger partial charge in [-0.05, 0) is 12.1 Å². The van der Waals surface area contributed by atoms with Crippen LogP contribution in [0.15, 0.2) is 30.3 Å². The minimum atomic E-state index is -3.62. The number of rotatable bonds is 7. The molecule has 0 aromatic heterocycles. The molecule has 0 atom stereocenters. The van der Waals surface area contributed by atoms with Gasteiger partial charge in [0.25, 0.3) is 10.2 Å². The van der Waals surface area contributed by atoms with Crippen molar-refractivity contribution in [3.8, 4) is 0 Å². The van der Waals surface area contributed by atoms with Crippen LogP contribution < -0.4 is 13.7 Å². The molecule has 0 fully saturated rings. The van der Waals surface area contributed by atoms with Gasteiger partial charge in [-0.25, -0.2) is 17.9 Å². The van der Waals surface area contributed by atoms with Crippen LogP contribution in [0.3, 0.4) is 0 Å². The molecule has 19 heavy (non-hydrogen) atoms. The Labute approximate surface area is 113 Å². The van der Waals surface area contributed by atoms with E-state index >= 15 is 0 Å². The lowest BCUT2D eigenvalue weighted by Crippen LogP contribution is -2.39. The van der Waals surface area contributed by atoms with Gasteiger partial charge in [0, 0.05) is 20.6 Å². The summed E-state index contributed by atoms with van der Waals surface area (Å²) < 4.78 is 51.4. The van der Waals surface area contributed by atoms with Gasteiger partial charge in [0.05, 0.1) is 11.4 Å². The van der Waals surface area contributed by atoms with Crippen LogP contribution in [0.25, 0.3) is 0 Å². The van der Waals surface area contributed by atoms with Crippen molar-refractivity contribution >= 4 is 25.9 Å². The number of hydrogen-bond acceptors (Lipinski definition) is 4. The highest BCUT2D eigenvalue weighted by molar-refractivity contribution is 7.92. The summed E-state index contributed by atoms with van der Waals surface area (Å²) in [4.78, 5) is 0. The minimum absolute atomic E-state index is 0.192. The third-order valence-corrected chi connectivity index (χ3v) is 5.34. The molecule has 0 saturated carbocycles. The zero-order valence-electron chi connectivity index (χ0n) is 10.7. The van der Waals surface area contributed by atoms with Crippen LogP contribution in [-0.4, -0.2) is 43.2 Å². The topological polar surface area (TPSA) is 95.6 Å². The number of hydrogen-bond donors (Lipinski definition) is 2. The highest BCUT2D eigenvalue weighted by Crippen LogP contribution is 2.14. The van der Waals surface area contributed by atoms with E-state index in [0.717, 1.165) is 4.31 Å². The minimum Gasteiger partial charge on any atom is -0.273 e. The molecule has 1 rings (SSSR count). The van der Waals surface area contributed by atoms with Crippen molar-refractivity contribution in [1.82, 2.24) is 9.44 Å². The molecule has 0 aliphatic rings. The van der Waals surface area contributed by atoms with Crippen LogP contribution in [0.1, 0.15) is 0 Å². The van der Waals surface area contributed by atoms with Gasteiger partial charge in [0.15, 0.2) is 0 Å². The molecule has 0 radical (unpaired) electrons. The van der Waals surface area contributed by atoms with Crippen molar-refractivity contribution in [2.45, 2.75) is 0 Å². The van der Waals surface area contributed by atoms with E-state index in [-0.39, 0.29) is 12.3 Å². The molecule has 2 N–H and O–H groups in total. The maximum Gasteiger partial charge on any atom is 0.276 e. The monoisotopic (exact) mass is 307 g/mol. The van der Waals surface area contributed by atoms with E-state index in [2.05, 4.69) is 4.72 Å². The zero-order valence-corrected chi connectivity index (χ0v) is 12.3. The highest BCUT2D eigenvalue weighted by atomic mass is 32.2. The molecule has 0 amide bonds. The zero-order chi connectivity index (χ0) is 14.5. The molecule has 108 valence electrons. The average molecular weight is 307 g/mol. The first-order valence-electron chi connectivity index (χ1n) is 5.48. The Morgan fingerprint density at radius 2 is 1.68 bits per heavy atom. The van der Waals surface area contributed by atoms with Crippen molar-refractivity contribution in [3.05, 3.63) is 30.3 Å². The molecule has 0 aliphatic carbocycles. The van der Waals surface area contributed by atoms with E-state index in [4.69, 9.17) is 0 Å². The normalized spacial score (nSPS) is 12.3. The number of benzene rings is 1. The van der Waals surface area contributed by atoms with Crippen molar-refractivity contribution in [2.24, 2.45) is 0 Å². The molecule has 0 heterocycles. The molecular weight excluding hydrogens is 290 g/mol. The van der Waals surface area contributed by atoms with Crippen LogP contribution in [0, 0.1) is 0 Å². The smallest absolute Gasteiger partial charge is 0.273 e. The molecule has 0 unspecified atom stereocenters. The first kappa shape index (κ1) is 15.9. The quantitative estimate of drug-likeness (QED) is 0.710. The second-order valence-electron chi connectivity index (χ2n) is 3.72. The molecular formula is C10H17N3O4S2. The summed E-state index contributed by atoms with van der Waals surface area (Å²) in [5.41, 5.74) is 0.527. The third-order valence-electron chi connectivity index (χ3n) is 2.46. The molecule has 0 saturated heterocycles. The Morgan fingerprint density at radius 3 is 2.21 bits per heavy atom. The van der Waals surface area contributed by atoms with E-state index in [9.17, 15) is 16.8 Å². The Bertz CT molecular complexity index is 599. The lowest BCUT2D eigenvalue weighted by molar-refractivity contribution is 0.573. The van der Waals surface area contributed by atoms with Crippen LogP contribution in [0.4, 0.5) is 5.69 Å². The highest BCUT2D eigenvalue weighted by Gasteiger charge is 2.18. The van der Waals surface area contributed by atoms with Gasteiger partial charge in [-0.1, -0.05) is 18.2 Å². The maximum absolute atomic E-state index is 12.0. The van der Waals surface area contributed by atoms with E-state index in [1.807, 2.05) is 4.72 Å². The van der Waals surface area contributed by atoms with E-state index in [1.165, 1.54) is 14.1 Å². The van der Waals surface area contributed by atoms with E-state index in [0.29, 0.717) is 5.69 Å². The SMILES string of the molecule is CNS(=O)(=O)NCCS(=O)(=O)N(C)c1ccccc1. The molecule has 9 heteroatoms. The van der Waals surface area contributed by atoms with E-state index < -0.39 is 20.2 Å². The molecule has 1 aromatic carbocycles. The summed E-state index contributed by atoms with van der Waals surface area (Å²) in [6, 6.07) is 8.56. The molecule has 7 nitrogen and oxygen atoms in total.